The number of nitrogens with zero attached hydrogens (tertiary/aromatic N) is 1. The minimum absolute atomic E-state index is 0.0418. The zero-order valence-electron chi connectivity index (χ0n) is 15.0. The molecule has 1 aromatic rings. The summed E-state index contributed by atoms with van der Waals surface area (Å²) in [5, 5.41) is 3.13. The van der Waals surface area contributed by atoms with Gasteiger partial charge in [-0.25, -0.2) is 8.78 Å². The van der Waals surface area contributed by atoms with Gasteiger partial charge in [0, 0.05) is 38.2 Å². The lowest BCUT2D eigenvalue weighted by Gasteiger charge is -2.34. The van der Waals surface area contributed by atoms with E-state index in [0.29, 0.717) is 13.1 Å². The molecule has 1 aliphatic rings. The molecule has 4 heteroatoms. The maximum Gasteiger partial charge on any atom is 0.251 e. The summed E-state index contributed by atoms with van der Waals surface area (Å²) >= 11 is 0. The molecule has 0 saturated carbocycles. The molecular weight excluding hydrogens is 282 g/mol. The van der Waals surface area contributed by atoms with Gasteiger partial charge in [-0.05, 0) is 25.6 Å². The second kappa shape index (κ2) is 10.5. The van der Waals surface area contributed by atoms with Gasteiger partial charge in [-0.1, -0.05) is 45.4 Å². The van der Waals surface area contributed by atoms with Gasteiger partial charge in [0.25, 0.3) is 5.92 Å². The molecule has 0 amide bonds. The van der Waals surface area contributed by atoms with Crippen molar-refractivity contribution < 1.29 is 8.78 Å². The van der Waals surface area contributed by atoms with E-state index in [4.69, 9.17) is 0 Å². The van der Waals surface area contributed by atoms with E-state index in [1.165, 1.54) is 11.1 Å². The number of piperidine rings is 1. The molecule has 1 N–H and O–H groups in total. The molecular formula is C18H32F2N2. The predicted octanol–water partition coefficient (Wildman–Crippen LogP) is 5.00. The maximum absolute atomic E-state index is 13.2. The van der Waals surface area contributed by atoms with Crippen LogP contribution in [0.2, 0.25) is 0 Å². The maximum atomic E-state index is 13.2. The normalized spacial score (nSPS) is 16.1. The third-order valence-corrected chi connectivity index (χ3v) is 3.44. The summed E-state index contributed by atoms with van der Waals surface area (Å²) in [7, 11) is 1.90. The van der Waals surface area contributed by atoms with Crippen molar-refractivity contribution in [1.29, 1.82) is 0 Å². The summed E-state index contributed by atoms with van der Waals surface area (Å²) in [6.45, 7) is 11.7. The number of benzene rings is 1. The molecule has 1 saturated heterocycles. The van der Waals surface area contributed by atoms with E-state index in [9.17, 15) is 8.78 Å². The van der Waals surface area contributed by atoms with Gasteiger partial charge in [-0.3, -0.25) is 0 Å². The number of halogens is 2. The van der Waals surface area contributed by atoms with Crippen LogP contribution in [0.15, 0.2) is 18.2 Å². The molecule has 0 unspecified atom stereocenters. The van der Waals surface area contributed by atoms with E-state index in [0.717, 1.165) is 12.2 Å². The van der Waals surface area contributed by atoms with Crippen LogP contribution in [0.4, 0.5) is 14.5 Å². The Labute approximate surface area is 134 Å². The Kier molecular flexibility index (Phi) is 9.99. The first-order valence-corrected chi connectivity index (χ1v) is 8.39. The molecule has 128 valence electrons. The zero-order valence-corrected chi connectivity index (χ0v) is 15.0. The van der Waals surface area contributed by atoms with Crippen LogP contribution in [0.3, 0.4) is 0 Å². The molecule has 2 rings (SSSR count). The Morgan fingerprint density at radius 3 is 2.14 bits per heavy atom. The Morgan fingerprint density at radius 1 is 1.09 bits per heavy atom. The predicted molar refractivity (Wildman–Crippen MR) is 93.0 cm³/mol. The van der Waals surface area contributed by atoms with E-state index in [-0.39, 0.29) is 12.8 Å². The number of nitrogens with one attached hydrogen (secondary N) is 1. The van der Waals surface area contributed by atoms with E-state index < -0.39 is 5.92 Å². The lowest BCUT2D eigenvalue weighted by molar-refractivity contribution is -0.0220. The van der Waals surface area contributed by atoms with Gasteiger partial charge in [-0.2, -0.15) is 0 Å². The Bertz CT molecular complexity index is 410. The van der Waals surface area contributed by atoms with Crippen molar-refractivity contribution in [3.05, 3.63) is 29.3 Å². The minimum atomic E-state index is -2.48. The molecule has 0 radical (unpaired) electrons. The Hall–Kier alpha value is -1.16. The van der Waals surface area contributed by atoms with Gasteiger partial charge in [-0.15, -0.1) is 0 Å². The Morgan fingerprint density at radius 2 is 1.64 bits per heavy atom. The summed E-state index contributed by atoms with van der Waals surface area (Å²) in [6.07, 6.45) is -0.0836. The van der Waals surface area contributed by atoms with E-state index in [1.807, 2.05) is 53.8 Å². The molecule has 1 aliphatic heterocycles. The topological polar surface area (TPSA) is 15.3 Å². The summed E-state index contributed by atoms with van der Waals surface area (Å²) in [5.41, 5.74) is 3.47. The van der Waals surface area contributed by atoms with E-state index in [1.54, 1.807) is 0 Å². The molecule has 22 heavy (non-hydrogen) atoms. The summed E-state index contributed by atoms with van der Waals surface area (Å²) in [4.78, 5) is 2.07. The van der Waals surface area contributed by atoms with Crippen LogP contribution in [0.1, 0.15) is 51.7 Å². The number of hydrogen-bond donors (Lipinski definition) is 1. The van der Waals surface area contributed by atoms with Gasteiger partial charge in [0.2, 0.25) is 0 Å². The molecule has 1 aromatic carbocycles. The average molecular weight is 314 g/mol. The van der Waals surface area contributed by atoms with E-state index >= 15 is 0 Å². The van der Waals surface area contributed by atoms with Crippen molar-refractivity contribution in [3.8, 4) is 0 Å². The van der Waals surface area contributed by atoms with Gasteiger partial charge in [0.05, 0.1) is 0 Å². The van der Waals surface area contributed by atoms with Crippen molar-refractivity contribution in [2.45, 2.75) is 59.9 Å². The third-order valence-electron chi connectivity index (χ3n) is 3.44. The second-order valence-corrected chi connectivity index (χ2v) is 5.01. The third kappa shape index (κ3) is 6.30. The molecule has 2 nitrogen and oxygen atoms in total. The van der Waals surface area contributed by atoms with Crippen LogP contribution in [-0.4, -0.2) is 26.1 Å². The summed E-state index contributed by atoms with van der Waals surface area (Å²) in [6, 6.07) is 6.21. The average Bonchev–Trinajstić information content (AvgIpc) is 2.52. The highest BCUT2D eigenvalue weighted by molar-refractivity contribution is 5.55. The highest BCUT2D eigenvalue weighted by Gasteiger charge is 2.34. The number of hydrogen-bond acceptors (Lipinski definition) is 2. The molecule has 1 fully saturated rings. The summed E-state index contributed by atoms with van der Waals surface area (Å²) in [5.74, 6) is -2.48. The first kappa shape index (κ1) is 20.8. The van der Waals surface area contributed by atoms with Crippen molar-refractivity contribution in [2.24, 2.45) is 0 Å². The molecule has 0 atom stereocenters. The monoisotopic (exact) mass is 314 g/mol. The number of rotatable bonds is 3. The first-order chi connectivity index (χ1) is 10.5. The van der Waals surface area contributed by atoms with Crippen LogP contribution in [0.25, 0.3) is 0 Å². The van der Waals surface area contributed by atoms with Gasteiger partial charge >= 0.3 is 0 Å². The van der Waals surface area contributed by atoms with Crippen LogP contribution in [0, 0.1) is 6.92 Å². The standard InChI is InChI=1S/C14H20F2N2.2C2H6/c1-11-3-4-13(12(9-11)10-17-2)18-7-5-14(15,16)6-8-18;2*1-2/h3-4,9,17H,5-8,10H2,1-2H3;2*1-2H3. The largest absolute Gasteiger partial charge is 0.371 e. The lowest BCUT2D eigenvalue weighted by Crippen LogP contribution is -2.39. The molecule has 0 spiro atoms. The fraction of sp³-hybridized carbons (Fsp3) is 0.667. The summed E-state index contributed by atoms with van der Waals surface area (Å²) < 4.78 is 26.3. The number of anilines is 1. The van der Waals surface area contributed by atoms with Crippen LogP contribution in [-0.2, 0) is 6.54 Å². The number of alkyl halides is 2. The van der Waals surface area contributed by atoms with E-state index in [2.05, 4.69) is 16.3 Å². The van der Waals surface area contributed by atoms with Gasteiger partial charge in [0.15, 0.2) is 0 Å². The zero-order chi connectivity index (χ0) is 17.2. The van der Waals surface area contributed by atoms with Crippen LogP contribution < -0.4 is 10.2 Å². The number of aryl methyl sites for hydroxylation is 1. The fourth-order valence-electron chi connectivity index (χ4n) is 2.43. The lowest BCUT2D eigenvalue weighted by atomic mass is 10.0. The van der Waals surface area contributed by atoms with Crippen LogP contribution in [0.5, 0.6) is 0 Å². The van der Waals surface area contributed by atoms with Gasteiger partial charge < -0.3 is 10.2 Å². The highest BCUT2D eigenvalue weighted by atomic mass is 19.3. The smallest absolute Gasteiger partial charge is 0.251 e. The first-order valence-electron chi connectivity index (χ1n) is 8.39. The molecule has 1 heterocycles. The highest BCUT2D eigenvalue weighted by Crippen LogP contribution is 2.32. The molecule has 0 aromatic heterocycles. The Balaban J connectivity index is 0.00000102. The molecule has 0 aliphatic carbocycles. The second-order valence-electron chi connectivity index (χ2n) is 5.01. The molecule has 0 bridgehead atoms. The quantitative estimate of drug-likeness (QED) is 0.844. The van der Waals surface area contributed by atoms with Gasteiger partial charge in [0.1, 0.15) is 0 Å². The van der Waals surface area contributed by atoms with Crippen molar-refractivity contribution in [2.75, 3.05) is 25.0 Å². The SMILES string of the molecule is CC.CC.CNCc1cc(C)ccc1N1CCC(F)(F)CC1. The minimum Gasteiger partial charge on any atom is -0.371 e. The van der Waals surface area contributed by atoms with Crippen molar-refractivity contribution >= 4 is 5.69 Å². The fourth-order valence-corrected chi connectivity index (χ4v) is 2.43. The van der Waals surface area contributed by atoms with Crippen molar-refractivity contribution in [3.63, 3.8) is 0 Å². The van der Waals surface area contributed by atoms with Crippen LogP contribution >= 0.6 is 0 Å². The van der Waals surface area contributed by atoms with Crippen molar-refractivity contribution in [1.82, 2.24) is 5.32 Å².